The summed E-state index contributed by atoms with van der Waals surface area (Å²) >= 11 is 0. The van der Waals surface area contributed by atoms with Crippen molar-refractivity contribution >= 4 is 5.69 Å². The van der Waals surface area contributed by atoms with Gasteiger partial charge in [0.05, 0.1) is 12.3 Å². The Morgan fingerprint density at radius 3 is 2.50 bits per heavy atom. The van der Waals surface area contributed by atoms with E-state index in [1.807, 2.05) is 12.1 Å². The molecule has 18 heavy (non-hydrogen) atoms. The number of ether oxygens (including phenoxy) is 1. The van der Waals surface area contributed by atoms with Crippen molar-refractivity contribution in [3.05, 3.63) is 24.3 Å². The summed E-state index contributed by atoms with van der Waals surface area (Å²) in [6.45, 7) is 9.68. The third kappa shape index (κ3) is 5.44. The SMILES string of the molecule is CCCOc1ccccc1NC(C)CCC(C)C. The van der Waals surface area contributed by atoms with Gasteiger partial charge in [0.2, 0.25) is 0 Å². The van der Waals surface area contributed by atoms with Gasteiger partial charge in [-0.05, 0) is 44.2 Å². The maximum absolute atomic E-state index is 5.75. The number of anilines is 1. The van der Waals surface area contributed by atoms with Gasteiger partial charge in [0, 0.05) is 6.04 Å². The van der Waals surface area contributed by atoms with Crippen molar-refractivity contribution in [1.29, 1.82) is 0 Å². The first-order valence-corrected chi connectivity index (χ1v) is 7.11. The monoisotopic (exact) mass is 249 g/mol. The van der Waals surface area contributed by atoms with Crippen molar-refractivity contribution in [2.24, 2.45) is 5.92 Å². The fourth-order valence-electron chi connectivity index (χ4n) is 1.84. The number of nitrogens with one attached hydrogen (secondary N) is 1. The number of hydrogen-bond acceptors (Lipinski definition) is 2. The Morgan fingerprint density at radius 2 is 1.83 bits per heavy atom. The lowest BCUT2D eigenvalue weighted by Crippen LogP contribution is -2.16. The highest BCUT2D eigenvalue weighted by Crippen LogP contribution is 2.25. The van der Waals surface area contributed by atoms with Gasteiger partial charge in [-0.15, -0.1) is 0 Å². The molecule has 0 saturated heterocycles. The van der Waals surface area contributed by atoms with Gasteiger partial charge in [-0.3, -0.25) is 0 Å². The lowest BCUT2D eigenvalue weighted by Gasteiger charge is -2.19. The van der Waals surface area contributed by atoms with Crippen LogP contribution in [0.4, 0.5) is 5.69 Å². The van der Waals surface area contributed by atoms with E-state index >= 15 is 0 Å². The van der Waals surface area contributed by atoms with Crippen LogP contribution in [0.2, 0.25) is 0 Å². The molecule has 0 aromatic heterocycles. The smallest absolute Gasteiger partial charge is 0.142 e. The first-order chi connectivity index (χ1) is 8.63. The summed E-state index contributed by atoms with van der Waals surface area (Å²) < 4.78 is 5.75. The molecule has 1 unspecified atom stereocenters. The molecule has 2 nitrogen and oxygen atoms in total. The maximum Gasteiger partial charge on any atom is 0.142 e. The molecule has 0 aliphatic carbocycles. The van der Waals surface area contributed by atoms with Crippen LogP contribution in [0.5, 0.6) is 5.75 Å². The number of rotatable bonds is 8. The fraction of sp³-hybridized carbons (Fsp3) is 0.625. The lowest BCUT2D eigenvalue weighted by atomic mass is 10.0. The zero-order valence-corrected chi connectivity index (χ0v) is 12.2. The minimum atomic E-state index is 0.485. The number of hydrogen-bond donors (Lipinski definition) is 1. The Morgan fingerprint density at radius 1 is 1.11 bits per heavy atom. The van der Waals surface area contributed by atoms with Crippen LogP contribution in [0, 0.1) is 5.92 Å². The van der Waals surface area contributed by atoms with Crippen molar-refractivity contribution in [3.8, 4) is 5.75 Å². The number of para-hydroxylation sites is 2. The Hall–Kier alpha value is -1.18. The van der Waals surface area contributed by atoms with Crippen LogP contribution < -0.4 is 10.1 Å². The molecule has 1 aromatic rings. The highest BCUT2D eigenvalue weighted by atomic mass is 16.5. The summed E-state index contributed by atoms with van der Waals surface area (Å²) in [6.07, 6.45) is 3.49. The summed E-state index contributed by atoms with van der Waals surface area (Å²) in [7, 11) is 0. The van der Waals surface area contributed by atoms with Crippen LogP contribution >= 0.6 is 0 Å². The third-order valence-electron chi connectivity index (χ3n) is 2.93. The van der Waals surface area contributed by atoms with Crippen molar-refractivity contribution < 1.29 is 4.74 Å². The number of benzene rings is 1. The summed E-state index contributed by atoms with van der Waals surface area (Å²) in [5, 5.41) is 3.55. The molecular formula is C16H27NO. The quantitative estimate of drug-likeness (QED) is 0.720. The van der Waals surface area contributed by atoms with Crippen LogP contribution in [0.1, 0.15) is 47.0 Å². The second-order valence-corrected chi connectivity index (χ2v) is 5.36. The molecule has 1 N–H and O–H groups in total. The van der Waals surface area contributed by atoms with E-state index in [4.69, 9.17) is 4.74 Å². The van der Waals surface area contributed by atoms with Gasteiger partial charge in [0.25, 0.3) is 0 Å². The Kier molecular flexibility index (Phi) is 6.63. The zero-order chi connectivity index (χ0) is 13.4. The van der Waals surface area contributed by atoms with Gasteiger partial charge >= 0.3 is 0 Å². The van der Waals surface area contributed by atoms with E-state index in [0.29, 0.717) is 6.04 Å². The highest BCUT2D eigenvalue weighted by molar-refractivity contribution is 5.56. The molecule has 1 rings (SSSR count). The summed E-state index contributed by atoms with van der Waals surface area (Å²) in [4.78, 5) is 0. The predicted molar refractivity (Wildman–Crippen MR) is 79.4 cm³/mol. The van der Waals surface area contributed by atoms with E-state index in [1.54, 1.807) is 0 Å². The molecule has 102 valence electrons. The second-order valence-electron chi connectivity index (χ2n) is 5.36. The molecule has 2 heteroatoms. The molecular weight excluding hydrogens is 222 g/mol. The zero-order valence-electron chi connectivity index (χ0n) is 12.2. The van der Waals surface area contributed by atoms with Crippen LogP contribution in [0.15, 0.2) is 24.3 Å². The highest BCUT2D eigenvalue weighted by Gasteiger charge is 2.07. The lowest BCUT2D eigenvalue weighted by molar-refractivity contribution is 0.318. The average Bonchev–Trinajstić information content (AvgIpc) is 2.35. The molecule has 0 spiro atoms. The van der Waals surface area contributed by atoms with E-state index in [0.717, 1.165) is 30.4 Å². The molecule has 0 fully saturated rings. The Bertz CT molecular complexity index is 336. The first-order valence-electron chi connectivity index (χ1n) is 7.11. The van der Waals surface area contributed by atoms with Crippen LogP contribution in [0.3, 0.4) is 0 Å². The Labute approximate surface area is 112 Å². The largest absolute Gasteiger partial charge is 0.491 e. The molecule has 1 aromatic carbocycles. The molecule has 0 bridgehead atoms. The summed E-state index contributed by atoms with van der Waals surface area (Å²) in [5.74, 6) is 1.73. The molecule has 0 heterocycles. The van der Waals surface area contributed by atoms with Gasteiger partial charge < -0.3 is 10.1 Å². The van der Waals surface area contributed by atoms with E-state index in [-0.39, 0.29) is 0 Å². The van der Waals surface area contributed by atoms with Crippen molar-refractivity contribution in [1.82, 2.24) is 0 Å². The van der Waals surface area contributed by atoms with Gasteiger partial charge in [-0.1, -0.05) is 32.9 Å². The van der Waals surface area contributed by atoms with Crippen molar-refractivity contribution in [2.75, 3.05) is 11.9 Å². The molecule has 0 radical (unpaired) electrons. The predicted octanol–water partition coefficient (Wildman–Crippen LogP) is 4.71. The van der Waals surface area contributed by atoms with Crippen LogP contribution in [0.25, 0.3) is 0 Å². The second kappa shape index (κ2) is 8.02. The Balaban J connectivity index is 2.54. The minimum Gasteiger partial charge on any atom is -0.491 e. The molecule has 0 saturated carbocycles. The van der Waals surface area contributed by atoms with Gasteiger partial charge in [-0.25, -0.2) is 0 Å². The van der Waals surface area contributed by atoms with E-state index in [1.165, 1.54) is 12.8 Å². The van der Waals surface area contributed by atoms with Crippen LogP contribution in [-0.4, -0.2) is 12.6 Å². The van der Waals surface area contributed by atoms with E-state index in [9.17, 15) is 0 Å². The standard InChI is InChI=1S/C16H27NO/c1-5-12-18-16-9-7-6-8-15(16)17-14(4)11-10-13(2)3/h6-9,13-14,17H,5,10-12H2,1-4H3. The van der Waals surface area contributed by atoms with Crippen molar-refractivity contribution in [3.63, 3.8) is 0 Å². The summed E-state index contributed by atoms with van der Waals surface area (Å²) in [6, 6.07) is 8.69. The normalized spacial score (nSPS) is 12.5. The molecule has 1 atom stereocenters. The van der Waals surface area contributed by atoms with Gasteiger partial charge in [0.15, 0.2) is 0 Å². The third-order valence-corrected chi connectivity index (χ3v) is 2.93. The van der Waals surface area contributed by atoms with Crippen LogP contribution in [-0.2, 0) is 0 Å². The first kappa shape index (κ1) is 14.9. The van der Waals surface area contributed by atoms with Crippen molar-refractivity contribution in [2.45, 2.75) is 53.0 Å². The fourth-order valence-corrected chi connectivity index (χ4v) is 1.84. The molecule has 0 aliphatic rings. The van der Waals surface area contributed by atoms with Gasteiger partial charge in [0.1, 0.15) is 5.75 Å². The minimum absolute atomic E-state index is 0.485. The molecule has 0 amide bonds. The maximum atomic E-state index is 5.75. The van der Waals surface area contributed by atoms with E-state index in [2.05, 4.69) is 45.1 Å². The average molecular weight is 249 g/mol. The van der Waals surface area contributed by atoms with E-state index < -0.39 is 0 Å². The molecule has 0 aliphatic heterocycles. The topological polar surface area (TPSA) is 21.3 Å². The summed E-state index contributed by atoms with van der Waals surface area (Å²) in [5.41, 5.74) is 1.11. The van der Waals surface area contributed by atoms with Gasteiger partial charge in [-0.2, -0.15) is 0 Å².